The van der Waals surface area contributed by atoms with E-state index in [1.54, 1.807) is 16.0 Å². The molecule has 1 N–H and O–H groups in total. The van der Waals surface area contributed by atoms with Gasteiger partial charge in [-0.25, -0.2) is 0 Å². The summed E-state index contributed by atoms with van der Waals surface area (Å²) in [5.41, 5.74) is 2.05. The lowest BCUT2D eigenvalue weighted by Gasteiger charge is -2.03. The SMILES string of the molecule is Cc1nn(C)c(Cl)c1CNCc1sccc1Br. The Morgan fingerprint density at radius 1 is 1.53 bits per heavy atom. The fourth-order valence-corrected chi connectivity index (χ4v) is 3.33. The number of aromatic nitrogens is 2. The number of nitrogens with one attached hydrogen (secondary N) is 1. The van der Waals surface area contributed by atoms with Crippen molar-refractivity contribution in [1.29, 1.82) is 0 Å². The first-order valence-electron chi connectivity index (χ1n) is 5.20. The van der Waals surface area contributed by atoms with Crippen molar-refractivity contribution in [1.82, 2.24) is 15.1 Å². The monoisotopic (exact) mass is 333 g/mol. The Labute approximate surface area is 118 Å². The van der Waals surface area contributed by atoms with Crippen LogP contribution in [-0.2, 0) is 20.1 Å². The Kier molecular flexibility index (Phi) is 4.25. The minimum Gasteiger partial charge on any atom is -0.308 e. The van der Waals surface area contributed by atoms with Crippen LogP contribution in [0, 0.1) is 6.92 Å². The Morgan fingerprint density at radius 3 is 2.82 bits per heavy atom. The second-order valence-electron chi connectivity index (χ2n) is 3.77. The highest BCUT2D eigenvalue weighted by molar-refractivity contribution is 9.10. The van der Waals surface area contributed by atoms with Gasteiger partial charge in [0.25, 0.3) is 0 Å². The molecule has 0 radical (unpaired) electrons. The minimum absolute atomic E-state index is 0.709. The summed E-state index contributed by atoms with van der Waals surface area (Å²) in [6.45, 7) is 3.55. The highest BCUT2D eigenvalue weighted by Gasteiger charge is 2.10. The van der Waals surface area contributed by atoms with E-state index in [-0.39, 0.29) is 0 Å². The second-order valence-corrected chi connectivity index (χ2v) is 5.99. The van der Waals surface area contributed by atoms with Crippen LogP contribution in [0.25, 0.3) is 0 Å². The van der Waals surface area contributed by atoms with E-state index in [1.165, 1.54) is 4.88 Å². The standard InChI is InChI=1S/C11H13BrClN3S/c1-7-8(11(13)16(2)15-7)5-14-6-10-9(12)3-4-17-10/h3-4,14H,5-6H2,1-2H3. The molecule has 2 aromatic rings. The molecule has 0 unspecified atom stereocenters. The minimum atomic E-state index is 0.709. The largest absolute Gasteiger partial charge is 0.308 e. The molecule has 3 nitrogen and oxygen atoms in total. The van der Waals surface area contributed by atoms with Crippen molar-refractivity contribution in [3.8, 4) is 0 Å². The van der Waals surface area contributed by atoms with Gasteiger partial charge in [-0.05, 0) is 34.3 Å². The molecular formula is C11H13BrClN3S. The molecule has 0 aliphatic carbocycles. The van der Waals surface area contributed by atoms with Crippen LogP contribution in [0.1, 0.15) is 16.1 Å². The van der Waals surface area contributed by atoms with Crippen molar-refractivity contribution in [2.45, 2.75) is 20.0 Å². The number of hydrogen-bond donors (Lipinski definition) is 1. The lowest BCUT2D eigenvalue weighted by atomic mass is 10.2. The van der Waals surface area contributed by atoms with Crippen LogP contribution in [0.4, 0.5) is 0 Å². The number of rotatable bonds is 4. The Bertz CT molecular complexity index is 521. The van der Waals surface area contributed by atoms with E-state index >= 15 is 0 Å². The Hall–Kier alpha value is -0.360. The molecule has 0 saturated carbocycles. The summed E-state index contributed by atoms with van der Waals surface area (Å²) in [6.07, 6.45) is 0. The van der Waals surface area contributed by atoms with Gasteiger partial charge in [-0.3, -0.25) is 4.68 Å². The van der Waals surface area contributed by atoms with Crippen LogP contribution >= 0.6 is 38.9 Å². The molecule has 0 amide bonds. The third-order valence-corrected chi connectivity index (χ3v) is 4.95. The smallest absolute Gasteiger partial charge is 0.131 e. The summed E-state index contributed by atoms with van der Waals surface area (Å²) in [6, 6.07) is 2.06. The maximum Gasteiger partial charge on any atom is 0.131 e. The van der Waals surface area contributed by atoms with Crippen molar-refractivity contribution in [2.75, 3.05) is 0 Å². The quantitative estimate of drug-likeness (QED) is 0.927. The predicted molar refractivity (Wildman–Crippen MR) is 75.5 cm³/mol. The van der Waals surface area contributed by atoms with Gasteiger partial charge in [0.15, 0.2) is 0 Å². The summed E-state index contributed by atoms with van der Waals surface area (Å²) in [7, 11) is 1.86. The van der Waals surface area contributed by atoms with Gasteiger partial charge in [0.05, 0.1) is 5.69 Å². The molecule has 0 atom stereocenters. The molecule has 6 heteroatoms. The van der Waals surface area contributed by atoms with Crippen molar-refractivity contribution in [3.05, 3.63) is 37.2 Å². The third kappa shape index (κ3) is 2.91. The van der Waals surface area contributed by atoms with E-state index in [9.17, 15) is 0 Å². The Balaban J connectivity index is 1.97. The fraction of sp³-hybridized carbons (Fsp3) is 0.364. The normalized spacial score (nSPS) is 11.1. The second kappa shape index (κ2) is 5.52. The summed E-state index contributed by atoms with van der Waals surface area (Å²) in [4.78, 5) is 1.29. The Morgan fingerprint density at radius 2 is 2.29 bits per heavy atom. The molecule has 17 heavy (non-hydrogen) atoms. The number of nitrogens with zero attached hydrogens (tertiary/aromatic N) is 2. The lowest BCUT2D eigenvalue weighted by Crippen LogP contribution is -2.12. The number of halogens is 2. The van der Waals surface area contributed by atoms with E-state index in [2.05, 4.69) is 37.8 Å². The van der Waals surface area contributed by atoms with Gasteiger partial charge in [-0.1, -0.05) is 11.6 Å². The fourth-order valence-electron chi connectivity index (χ4n) is 1.63. The van der Waals surface area contributed by atoms with Gasteiger partial charge >= 0.3 is 0 Å². The van der Waals surface area contributed by atoms with Gasteiger partial charge in [0.1, 0.15) is 5.15 Å². The molecule has 0 saturated heterocycles. The zero-order valence-electron chi connectivity index (χ0n) is 9.63. The zero-order chi connectivity index (χ0) is 12.4. The molecule has 2 rings (SSSR count). The van der Waals surface area contributed by atoms with Gasteiger partial charge in [-0.15, -0.1) is 11.3 Å². The molecule has 0 aliphatic heterocycles. The number of thiophene rings is 1. The van der Waals surface area contributed by atoms with Crippen LogP contribution in [0.3, 0.4) is 0 Å². The van der Waals surface area contributed by atoms with Gasteiger partial charge in [0, 0.05) is 35.1 Å². The lowest BCUT2D eigenvalue weighted by molar-refractivity contribution is 0.696. The van der Waals surface area contributed by atoms with Crippen LogP contribution in [0.15, 0.2) is 15.9 Å². The first-order valence-corrected chi connectivity index (χ1v) is 7.25. The van der Waals surface area contributed by atoms with E-state index in [0.717, 1.165) is 28.8 Å². The van der Waals surface area contributed by atoms with Crippen molar-refractivity contribution >= 4 is 38.9 Å². The van der Waals surface area contributed by atoms with E-state index in [4.69, 9.17) is 11.6 Å². The average Bonchev–Trinajstić information content (AvgIpc) is 2.78. The highest BCUT2D eigenvalue weighted by Crippen LogP contribution is 2.23. The molecule has 0 aromatic carbocycles. The molecule has 2 heterocycles. The molecule has 0 spiro atoms. The maximum atomic E-state index is 6.16. The van der Waals surface area contributed by atoms with E-state index in [0.29, 0.717) is 5.15 Å². The average molecular weight is 335 g/mol. The third-order valence-electron chi connectivity index (χ3n) is 2.55. The zero-order valence-corrected chi connectivity index (χ0v) is 12.8. The molecule has 0 bridgehead atoms. The topological polar surface area (TPSA) is 29.9 Å². The van der Waals surface area contributed by atoms with Crippen LogP contribution < -0.4 is 5.32 Å². The summed E-state index contributed by atoms with van der Waals surface area (Å²) < 4.78 is 2.86. The molecule has 2 aromatic heterocycles. The molecule has 0 fully saturated rings. The van der Waals surface area contributed by atoms with Crippen LogP contribution in [0.2, 0.25) is 5.15 Å². The van der Waals surface area contributed by atoms with Crippen molar-refractivity contribution in [3.63, 3.8) is 0 Å². The first kappa shape index (κ1) is 13.1. The van der Waals surface area contributed by atoms with Crippen molar-refractivity contribution in [2.24, 2.45) is 7.05 Å². The van der Waals surface area contributed by atoms with Crippen molar-refractivity contribution < 1.29 is 0 Å². The highest BCUT2D eigenvalue weighted by atomic mass is 79.9. The van der Waals surface area contributed by atoms with Crippen LogP contribution in [-0.4, -0.2) is 9.78 Å². The summed E-state index contributed by atoms with van der Waals surface area (Å²) in [5.74, 6) is 0. The van der Waals surface area contributed by atoms with E-state index < -0.39 is 0 Å². The number of hydrogen-bond acceptors (Lipinski definition) is 3. The van der Waals surface area contributed by atoms with E-state index in [1.807, 2.05) is 14.0 Å². The molecular weight excluding hydrogens is 322 g/mol. The summed E-state index contributed by atoms with van der Waals surface area (Å²) >= 11 is 11.4. The van der Waals surface area contributed by atoms with Gasteiger partial charge < -0.3 is 5.32 Å². The number of aryl methyl sites for hydroxylation is 2. The van der Waals surface area contributed by atoms with Gasteiger partial charge in [-0.2, -0.15) is 5.10 Å². The molecule has 92 valence electrons. The van der Waals surface area contributed by atoms with Crippen LogP contribution in [0.5, 0.6) is 0 Å². The predicted octanol–water partition coefficient (Wildman–Crippen LogP) is 3.50. The first-order chi connectivity index (χ1) is 8.09. The maximum absolute atomic E-state index is 6.16. The summed E-state index contributed by atoms with van der Waals surface area (Å²) in [5, 5.41) is 10.4. The van der Waals surface area contributed by atoms with Gasteiger partial charge in [0.2, 0.25) is 0 Å². The molecule has 0 aliphatic rings.